The highest BCUT2D eigenvalue weighted by molar-refractivity contribution is 14.1. The van der Waals surface area contributed by atoms with Crippen LogP contribution in [0, 0.1) is 10.5 Å². The van der Waals surface area contributed by atoms with Crippen LogP contribution in [0.15, 0.2) is 54.6 Å². The molecule has 114 valence electrons. The topological polar surface area (TPSA) is 38.3 Å². The Morgan fingerprint density at radius 2 is 2.00 bits per heavy atom. The average molecular weight is 407 g/mol. The molecule has 0 atom stereocenters. The van der Waals surface area contributed by atoms with E-state index in [1.54, 1.807) is 0 Å². The predicted octanol–water partition coefficient (Wildman–Crippen LogP) is 4.81. The van der Waals surface area contributed by atoms with Crippen LogP contribution in [-0.4, -0.2) is 12.5 Å². The lowest BCUT2D eigenvalue weighted by molar-refractivity contribution is 0.102. The third-order valence-electron chi connectivity index (χ3n) is 3.04. The van der Waals surface area contributed by atoms with Crippen molar-refractivity contribution in [3.63, 3.8) is 0 Å². The second kappa shape index (κ2) is 7.45. The van der Waals surface area contributed by atoms with Gasteiger partial charge in [0.05, 0.1) is 5.69 Å². The maximum Gasteiger partial charge on any atom is 0.255 e. The molecular weight excluding hydrogens is 389 g/mol. The Balaban J connectivity index is 2.17. The number of hydrogen-bond acceptors (Lipinski definition) is 2. The molecule has 1 N–H and O–H groups in total. The fraction of sp³-hybridized carbons (Fsp3) is 0.167. The van der Waals surface area contributed by atoms with Crippen LogP contribution in [0.3, 0.4) is 0 Å². The SMILES string of the molecule is C=C(C)COc1ccccc1NC(=O)c1ccc(C)c(I)c1. The minimum absolute atomic E-state index is 0.149. The largest absolute Gasteiger partial charge is 0.487 e. The van der Waals surface area contributed by atoms with E-state index in [-0.39, 0.29) is 5.91 Å². The van der Waals surface area contributed by atoms with Gasteiger partial charge in [-0.05, 0) is 71.8 Å². The van der Waals surface area contributed by atoms with Gasteiger partial charge in [-0.25, -0.2) is 0 Å². The molecule has 0 heterocycles. The number of halogens is 1. The van der Waals surface area contributed by atoms with E-state index in [4.69, 9.17) is 4.74 Å². The maximum atomic E-state index is 12.4. The fourth-order valence-corrected chi connectivity index (χ4v) is 2.34. The molecule has 0 aliphatic heterocycles. The first-order valence-electron chi connectivity index (χ1n) is 6.91. The lowest BCUT2D eigenvalue weighted by atomic mass is 10.1. The van der Waals surface area contributed by atoms with Crippen LogP contribution in [0.5, 0.6) is 5.75 Å². The number of para-hydroxylation sites is 2. The molecule has 0 bridgehead atoms. The van der Waals surface area contributed by atoms with Gasteiger partial charge in [0.1, 0.15) is 12.4 Å². The molecule has 4 heteroatoms. The van der Waals surface area contributed by atoms with E-state index in [0.29, 0.717) is 23.6 Å². The van der Waals surface area contributed by atoms with Crippen LogP contribution < -0.4 is 10.1 Å². The Hall–Kier alpha value is -1.82. The number of carbonyl (C=O) groups excluding carboxylic acids is 1. The van der Waals surface area contributed by atoms with Crippen molar-refractivity contribution in [2.24, 2.45) is 0 Å². The van der Waals surface area contributed by atoms with Crippen molar-refractivity contribution in [1.82, 2.24) is 0 Å². The summed E-state index contributed by atoms with van der Waals surface area (Å²) in [4.78, 5) is 12.4. The van der Waals surface area contributed by atoms with Crippen LogP contribution in [0.25, 0.3) is 0 Å². The molecule has 22 heavy (non-hydrogen) atoms. The fourth-order valence-electron chi connectivity index (χ4n) is 1.83. The molecule has 3 nitrogen and oxygen atoms in total. The molecule has 0 spiro atoms. The second-order valence-electron chi connectivity index (χ2n) is 5.16. The Morgan fingerprint density at radius 3 is 2.68 bits per heavy atom. The first-order valence-corrected chi connectivity index (χ1v) is 7.99. The van der Waals surface area contributed by atoms with Crippen LogP contribution in [0.4, 0.5) is 5.69 Å². The zero-order valence-corrected chi connectivity index (χ0v) is 14.8. The molecule has 0 unspecified atom stereocenters. The molecule has 0 aromatic heterocycles. The molecule has 2 aromatic carbocycles. The van der Waals surface area contributed by atoms with Gasteiger partial charge in [0.25, 0.3) is 5.91 Å². The second-order valence-corrected chi connectivity index (χ2v) is 6.32. The monoisotopic (exact) mass is 407 g/mol. The summed E-state index contributed by atoms with van der Waals surface area (Å²) >= 11 is 2.23. The molecule has 0 radical (unpaired) electrons. The molecule has 2 aromatic rings. The highest BCUT2D eigenvalue weighted by Crippen LogP contribution is 2.25. The molecule has 2 rings (SSSR count). The number of carbonyl (C=O) groups is 1. The number of anilines is 1. The highest BCUT2D eigenvalue weighted by Gasteiger charge is 2.10. The van der Waals surface area contributed by atoms with E-state index < -0.39 is 0 Å². The van der Waals surface area contributed by atoms with Crippen LogP contribution in [-0.2, 0) is 0 Å². The van der Waals surface area contributed by atoms with E-state index in [0.717, 1.165) is 14.7 Å². The maximum absolute atomic E-state index is 12.4. The van der Waals surface area contributed by atoms with E-state index in [1.165, 1.54) is 0 Å². The van der Waals surface area contributed by atoms with E-state index in [9.17, 15) is 4.79 Å². The lowest BCUT2D eigenvalue weighted by Crippen LogP contribution is -2.13. The highest BCUT2D eigenvalue weighted by atomic mass is 127. The van der Waals surface area contributed by atoms with Gasteiger partial charge in [0, 0.05) is 9.13 Å². The van der Waals surface area contributed by atoms with Crippen molar-refractivity contribution in [2.45, 2.75) is 13.8 Å². The quantitative estimate of drug-likeness (QED) is 0.571. The lowest BCUT2D eigenvalue weighted by Gasteiger charge is -2.12. The summed E-state index contributed by atoms with van der Waals surface area (Å²) in [6, 6.07) is 13.0. The molecule has 0 fully saturated rings. The average Bonchev–Trinajstić information content (AvgIpc) is 2.49. The van der Waals surface area contributed by atoms with Crippen molar-refractivity contribution in [3.8, 4) is 5.75 Å². The van der Waals surface area contributed by atoms with E-state index in [2.05, 4.69) is 34.5 Å². The number of aryl methyl sites for hydroxylation is 1. The van der Waals surface area contributed by atoms with Gasteiger partial charge in [-0.2, -0.15) is 0 Å². The first kappa shape index (κ1) is 16.5. The number of nitrogens with one attached hydrogen (secondary N) is 1. The van der Waals surface area contributed by atoms with Gasteiger partial charge < -0.3 is 10.1 Å². The summed E-state index contributed by atoms with van der Waals surface area (Å²) in [6.07, 6.45) is 0. The van der Waals surface area contributed by atoms with Crippen molar-refractivity contribution >= 4 is 34.2 Å². The van der Waals surface area contributed by atoms with Crippen LogP contribution in [0.1, 0.15) is 22.8 Å². The first-order chi connectivity index (χ1) is 10.5. The third-order valence-corrected chi connectivity index (χ3v) is 4.21. The standard InChI is InChI=1S/C18H18INO2/c1-12(2)11-22-17-7-5-4-6-16(17)20-18(21)14-9-8-13(3)15(19)10-14/h4-10H,1,11H2,2-3H3,(H,20,21). The molecule has 0 saturated heterocycles. The molecular formula is C18H18INO2. The Kier molecular flexibility index (Phi) is 5.60. The van der Waals surface area contributed by atoms with E-state index >= 15 is 0 Å². The number of benzene rings is 2. The Labute approximate surface area is 144 Å². The number of hydrogen-bond donors (Lipinski definition) is 1. The Bertz CT molecular complexity index is 710. The summed E-state index contributed by atoms with van der Waals surface area (Å²) in [6.45, 7) is 8.16. The minimum Gasteiger partial charge on any atom is -0.487 e. The molecule has 0 aliphatic rings. The smallest absolute Gasteiger partial charge is 0.255 e. The summed E-state index contributed by atoms with van der Waals surface area (Å²) in [7, 11) is 0. The normalized spacial score (nSPS) is 10.1. The van der Waals surface area contributed by atoms with Gasteiger partial charge in [-0.1, -0.05) is 24.8 Å². The van der Waals surface area contributed by atoms with Crippen LogP contribution >= 0.6 is 22.6 Å². The number of ether oxygens (including phenoxy) is 1. The zero-order valence-electron chi connectivity index (χ0n) is 12.7. The molecule has 1 amide bonds. The van der Waals surface area contributed by atoms with Gasteiger partial charge in [0.15, 0.2) is 0 Å². The minimum atomic E-state index is -0.149. The number of rotatable bonds is 5. The molecule has 0 aliphatic carbocycles. The van der Waals surface area contributed by atoms with Crippen LogP contribution in [0.2, 0.25) is 0 Å². The summed E-state index contributed by atoms with van der Waals surface area (Å²) in [5.74, 6) is 0.491. The summed E-state index contributed by atoms with van der Waals surface area (Å²) in [5.41, 5.74) is 3.37. The van der Waals surface area contributed by atoms with Crippen molar-refractivity contribution < 1.29 is 9.53 Å². The predicted molar refractivity (Wildman–Crippen MR) is 98.6 cm³/mol. The van der Waals surface area contributed by atoms with Gasteiger partial charge in [-0.3, -0.25) is 4.79 Å². The van der Waals surface area contributed by atoms with Crippen molar-refractivity contribution in [3.05, 3.63) is 69.3 Å². The van der Waals surface area contributed by atoms with Crippen molar-refractivity contribution in [1.29, 1.82) is 0 Å². The van der Waals surface area contributed by atoms with Gasteiger partial charge in [0.2, 0.25) is 0 Å². The number of amides is 1. The summed E-state index contributed by atoms with van der Waals surface area (Å²) < 4.78 is 6.73. The molecule has 0 saturated carbocycles. The summed E-state index contributed by atoms with van der Waals surface area (Å²) in [5, 5.41) is 2.90. The van der Waals surface area contributed by atoms with Gasteiger partial charge in [-0.15, -0.1) is 0 Å². The zero-order chi connectivity index (χ0) is 16.1. The van der Waals surface area contributed by atoms with Crippen molar-refractivity contribution in [2.75, 3.05) is 11.9 Å². The Morgan fingerprint density at radius 1 is 1.27 bits per heavy atom. The van der Waals surface area contributed by atoms with E-state index in [1.807, 2.05) is 56.3 Å². The third kappa shape index (κ3) is 4.34. The van der Waals surface area contributed by atoms with Gasteiger partial charge >= 0.3 is 0 Å².